The van der Waals surface area contributed by atoms with Crippen LogP contribution in [-0.4, -0.2) is 60.7 Å². The lowest BCUT2D eigenvalue weighted by Crippen LogP contribution is -2.36. The van der Waals surface area contributed by atoms with E-state index in [1.807, 2.05) is 12.1 Å². The van der Waals surface area contributed by atoms with Crippen molar-refractivity contribution in [1.82, 2.24) is 0 Å². The smallest absolute Gasteiger partial charge is 0.336 e. The van der Waals surface area contributed by atoms with Crippen LogP contribution in [0.15, 0.2) is 64.1 Å². The summed E-state index contributed by atoms with van der Waals surface area (Å²) < 4.78 is 0.844. The van der Waals surface area contributed by atoms with Gasteiger partial charge in [-0.25, -0.2) is 4.79 Å². The van der Waals surface area contributed by atoms with Crippen LogP contribution in [0.2, 0.25) is 0 Å². The Morgan fingerprint density at radius 2 is 1.50 bits per heavy atom. The van der Waals surface area contributed by atoms with E-state index in [-0.39, 0.29) is 6.61 Å². The molecule has 0 aliphatic rings. The number of carboxylic acids is 1. The van der Waals surface area contributed by atoms with Gasteiger partial charge in [-0.3, -0.25) is 0 Å². The summed E-state index contributed by atoms with van der Waals surface area (Å²) >= 11 is 1.58. The van der Waals surface area contributed by atoms with Gasteiger partial charge in [-0.2, -0.15) is 0 Å². The predicted octanol–water partition coefficient (Wildman–Crippen LogP) is 6.58. The first-order valence-corrected chi connectivity index (χ1v) is 12.3. The topological polar surface area (TPSA) is 57.5 Å². The van der Waals surface area contributed by atoms with Crippen LogP contribution in [0.4, 0.5) is 0 Å². The van der Waals surface area contributed by atoms with Crippen LogP contribution < -0.4 is 0 Å². The first kappa shape index (κ1) is 30.2. The number of aliphatic hydroxyl groups excluding tert-OH is 1. The number of likely N-dealkylation sites (N-methyl/N-ethyl adjacent to an activating group) is 1. The number of hydrogen-bond donors (Lipinski definition) is 2. The Bertz CT molecular complexity index is 769. The maximum Gasteiger partial charge on any atom is 0.336 e. The molecule has 0 atom stereocenters. The molecule has 0 saturated heterocycles. The largest absolute Gasteiger partial charge is 0.478 e. The van der Waals surface area contributed by atoms with E-state index in [9.17, 15) is 9.90 Å². The fourth-order valence-corrected chi connectivity index (χ4v) is 3.71. The van der Waals surface area contributed by atoms with E-state index >= 15 is 0 Å². The molecule has 1 aromatic carbocycles. The summed E-state index contributed by atoms with van der Waals surface area (Å²) in [4.78, 5) is 12.0. The summed E-state index contributed by atoms with van der Waals surface area (Å²) in [5, 5.41) is 17.6. The second kappa shape index (κ2) is 16.8. The second-order valence-corrected chi connectivity index (χ2v) is 10.4. The number of rotatable bonds is 12. The van der Waals surface area contributed by atoms with Crippen LogP contribution in [0.3, 0.4) is 0 Å². The first-order valence-electron chi connectivity index (χ1n) is 11.3. The Hall–Kier alpha value is -1.82. The van der Waals surface area contributed by atoms with Gasteiger partial charge in [-0.1, -0.05) is 47.1 Å². The maximum atomic E-state index is 11.2. The molecule has 180 valence electrons. The van der Waals surface area contributed by atoms with Crippen molar-refractivity contribution in [2.75, 3.05) is 40.0 Å². The molecule has 0 unspecified atom stereocenters. The Labute approximate surface area is 200 Å². The molecule has 2 N–H and O–H groups in total. The van der Waals surface area contributed by atoms with Crippen molar-refractivity contribution in [2.45, 2.75) is 58.3 Å². The van der Waals surface area contributed by atoms with E-state index in [2.05, 4.69) is 67.1 Å². The van der Waals surface area contributed by atoms with Gasteiger partial charge in [0.05, 0.1) is 33.3 Å². The molecule has 0 saturated carbocycles. The van der Waals surface area contributed by atoms with Crippen molar-refractivity contribution < 1.29 is 19.5 Å². The van der Waals surface area contributed by atoms with Gasteiger partial charge in [0.1, 0.15) is 6.54 Å². The highest BCUT2D eigenvalue weighted by molar-refractivity contribution is 7.99. The average molecular weight is 463 g/mol. The van der Waals surface area contributed by atoms with Crippen LogP contribution >= 0.6 is 11.8 Å². The van der Waals surface area contributed by atoms with Crippen LogP contribution in [0.25, 0.3) is 0 Å². The second-order valence-electron chi connectivity index (χ2n) is 9.31. The van der Waals surface area contributed by atoms with E-state index in [0.717, 1.165) is 47.4 Å². The minimum Gasteiger partial charge on any atom is -0.478 e. The number of allylic oxidation sites excluding steroid dienone is 5. The molecule has 1 aromatic rings. The van der Waals surface area contributed by atoms with Gasteiger partial charge in [-0.05, 0) is 65.5 Å². The summed E-state index contributed by atoms with van der Waals surface area (Å²) in [5.41, 5.74) is 4.57. The van der Waals surface area contributed by atoms with Gasteiger partial charge in [0, 0.05) is 10.6 Å². The number of carbonyl (C=O) groups is 1. The fraction of sp³-hybridized carbons (Fsp3) is 0.519. The van der Waals surface area contributed by atoms with Crippen molar-refractivity contribution in [3.63, 3.8) is 0 Å². The highest BCUT2D eigenvalue weighted by Crippen LogP contribution is 2.23. The molecule has 0 spiro atoms. The van der Waals surface area contributed by atoms with E-state index in [1.165, 1.54) is 16.7 Å². The maximum absolute atomic E-state index is 11.2. The lowest BCUT2D eigenvalue weighted by molar-refractivity contribution is -0.870. The van der Waals surface area contributed by atoms with Gasteiger partial charge in [0.2, 0.25) is 0 Å². The van der Waals surface area contributed by atoms with Gasteiger partial charge >= 0.3 is 5.97 Å². The fourth-order valence-electron chi connectivity index (χ4n) is 2.68. The summed E-state index contributed by atoms with van der Waals surface area (Å²) in [6.07, 6.45) is 11.2. The van der Waals surface area contributed by atoms with Crippen molar-refractivity contribution in [2.24, 2.45) is 0 Å². The lowest BCUT2D eigenvalue weighted by Gasteiger charge is -2.21. The minimum absolute atomic E-state index is 0.281. The molecule has 4 nitrogen and oxygen atoms in total. The predicted molar refractivity (Wildman–Crippen MR) is 140 cm³/mol. The zero-order valence-corrected chi connectivity index (χ0v) is 22.0. The van der Waals surface area contributed by atoms with Crippen LogP contribution in [0.1, 0.15) is 63.7 Å². The van der Waals surface area contributed by atoms with Crippen LogP contribution in [-0.2, 0) is 0 Å². The first-order chi connectivity index (χ1) is 15.0. The lowest BCUT2D eigenvalue weighted by atomic mass is 10.1. The van der Waals surface area contributed by atoms with Gasteiger partial charge in [0.15, 0.2) is 0 Å². The highest BCUT2D eigenvalue weighted by atomic mass is 32.2. The number of benzene rings is 1. The Kier molecular flexibility index (Phi) is 15.8. The molecule has 0 aromatic heterocycles. The highest BCUT2D eigenvalue weighted by Gasteiger charge is 2.08. The Morgan fingerprint density at radius 3 is 2.00 bits per heavy atom. The number of aliphatic hydroxyl groups is 1. The Morgan fingerprint density at radius 1 is 0.938 bits per heavy atom. The van der Waals surface area contributed by atoms with Crippen molar-refractivity contribution in [3.8, 4) is 0 Å². The van der Waals surface area contributed by atoms with Crippen molar-refractivity contribution in [1.29, 1.82) is 0 Å². The molecular weight excluding hydrogens is 418 g/mol. The third-order valence-corrected chi connectivity index (χ3v) is 5.68. The van der Waals surface area contributed by atoms with Gasteiger partial charge < -0.3 is 14.7 Å². The standard InChI is InChI=1S/C22H30O2S.C5H14NO/c1-17(2)9-7-10-18(3)11-8-12-19(4)15-16-25-21-14-6-5-13-20(21)22(23)24;1-6(2,3)4-5-7/h5-6,9,11,13-15H,7-8,10,12,16H2,1-4H3,(H,23,24);7H,4-5H2,1-3H3/q;+1. The van der Waals surface area contributed by atoms with E-state index < -0.39 is 5.97 Å². The van der Waals surface area contributed by atoms with Gasteiger partial charge in [-0.15, -0.1) is 11.8 Å². The number of aromatic carboxylic acids is 1. The molecule has 1 rings (SSSR count). The number of hydrogen-bond acceptors (Lipinski definition) is 3. The van der Waals surface area contributed by atoms with E-state index in [4.69, 9.17) is 5.11 Å². The number of thioether (sulfide) groups is 1. The normalized spacial score (nSPS) is 12.1. The van der Waals surface area contributed by atoms with Gasteiger partial charge in [0.25, 0.3) is 0 Å². The molecule has 0 radical (unpaired) electrons. The molecule has 0 aliphatic carbocycles. The van der Waals surface area contributed by atoms with E-state index in [1.54, 1.807) is 23.9 Å². The summed E-state index contributed by atoms with van der Waals surface area (Å²) in [5.74, 6) is -0.0584. The van der Waals surface area contributed by atoms with Crippen LogP contribution in [0.5, 0.6) is 0 Å². The molecule has 0 bridgehead atoms. The van der Waals surface area contributed by atoms with Crippen LogP contribution in [0, 0.1) is 0 Å². The van der Waals surface area contributed by atoms with Crippen molar-refractivity contribution in [3.05, 3.63) is 64.8 Å². The molecular formula is C27H44NO3S+. The SMILES string of the molecule is CC(C)=CCCC(C)=CCCC(C)=CCSc1ccccc1C(=O)O.C[N+](C)(C)CCO. The molecule has 32 heavy (non-hydrogen) atoms. The quantitative estimate of drug-likeness (QED) is 0.209. The zero-order chi connectivity index (χ0) is 24.6. The number of quaternary nitrogens is 1. The monoisotopic (exact) mass is 462 g/mol. The molecule has 5 heteroatoms. The third kappa shape index (κ3) is 16.8. The molecule has 0 fully saturated rings. The summed E-state index contributed by atoms with van der Waals surface area (Å²) in [6.45, 7) is 9.75. The average Bonchev–Trinajstić information content (AvgIpc) is 2.67. The summed E-state index contributed by atoms with van der Waals surface area (Å²) in [7, 11) is 6.16. The Balaban J connectivity index is 0.00000118. The zero-order valence-electron chi connectivity index (χ0n) is 21.1. The minimum atomic E-state index is -0.863. The molecule has 0 amide bonds. The van der Waals surface area contributed by atoms with Crippen molar-refractivity contribution >= 4 is 17.7 Å². The number of carboxylic acid groups (broad SMARTS) is 1. The summed E-state index contributed by atoms with van der Waals surface area (Å²) in [6, 6.07) is 7.18. The van der Waals surface area contributed by atoms with E-state index in [0.29, 0.717) is 5.56 Å². The number of nitrogens with zero attached hydrogens (tertiary/aromatic N) is 1. The third-order valence-electron chi connectivity index (χ3n) is 4.68. The molecule has 0 heterocycles. The molecule has 0 aliphatic heterocycles.